The SMILES string of the molecule is Cc1ccc(/C=N/NC(=O)c2ccsc2NC(=O)c2cccc(CN(CC(C)O)CC(C)O)c2)cc1C. The number of anilines is 1. The Bertz CT molecular complexity index is 1240. The molecule has 4 N–H and O–H groups in total. The van der Waals surface area contributed by atoms with Crippen molar-refractivity contribution in [3.63, 3.8) is 0 Å². The number of carbonyl (C=O) groups is 2. The van der Waals surface area contributed by atoms with E-state index in [2.05, 4.69) is 15.8 Å². The lowest BCUT2D eigenvalue weighted by Crippen LogP contribution is -2.35. The fourth-order valence-corrected chi connectivity index (χ4v) is 4.63. The maximum absolute atomic E-state index is 13.0. The Morgan fingerprint density at radius 2 is 1.73 bits per heavy atom. The molecule has 0 fully saturated rings. The summed E-state index contributed by atoms with van der Waals surface area (Å²) in [5.74, 6) is -0.758. The van der Waals surface area contributed by atoms with E-state index in [-0.39, 0.29) is 5.91 Å². The monoisotopic (exact) mass is 522 g/mol. The number of nitrogens with one attached hydrogen (secondary N) is 2. The van der Waals surface area contributed by atoms with Crippen molar-refractivity contribution in [2.75, 3.05) is 18.4 Å². The lowest BCUT2D eigenvalue weighted by Gasteiger charge is -2.25. The number of hydrogen-bond donors (Lipinski definition) is 4. The average molecular weight is 523 g/mol. The first-order chi connectivity index (χ1) is 17.6. The molecule has 1 heterocycles. The molecule has 0 spiro atoms. The minimum Gasteiger partial charge on any atom is -0.392 e. The van der Waals surface area contributed by atoms with E-state index in [0.29, 0.717) is 35.8 Å². The van der Waals surface area contributed by atoms with Gasteiger partial charge in [0.2, 0.25) is 0 Å². The van der Waals surface area contributed by atoms with Gasteiger partial charge in [-0.15, -0.1) is 11.3 Å². The number of aliphatic hydroxyl groups is 2. The van der Waals surface area contributed by atoms with Crippen LogP contribution in [0.5, 0.6) is 0 Å². The smallest absolute Gasteiger partial charge is 0.274 e. The van der Waals surface area contributed by atoms with Crippen molar-refractivity contribution < 1.29 is 19.8 Å². The van der Waals surface area contributed by atoms with Gasteiger partial charge in [0.25, 0.3) is 11.8 Å². The predicted molar refractivity (Wildman–Crippen MR) is 148 cm³/mol. The highest BCUT2D eigenvalue weighted by Crippen LogP contribution is 2.24. The summed E-state index contributed by atoms with van der Waals surface area (Å²) >= 11 is 1.25. The van der Waals surface area contributed by atoms with Gasteiger partial charge in [0, 0.05) is 25.2 Å². The van der Waals surface area contributed by atoms with Crippen LogP contribution in [0, 0.1) is 13.8 Å². The number of thiophene rings is 1. The van der Waals surface area contributed by atoms with Gasteiger partial charge in [-0.25, -0.2) is 5.43 Å². The van der Waals surface area contributed by atoms with Gasteiger partial charge in [0.05, 0.1) is 24.0 Å². The molecule has 0 aliphatic rings. The lowest BCUT2D eigenvalue weighted by molar-refractivity contribution is 0.0793. The zero-order chi connectivity index (χ0) is 26.9. The second kappa shape index (κ2) is 13.3. The Morgan fingerprint density at radius 3 is 2.41 bits per heavy atom. The Balaban J connectivity index is 1.65. The second-order valence-electron chi connectivity index (χ2n) is 9.25. The van der Waals surface area contributed by atoms with Crippen LogP contribution in [0.25, 0.3) is 0 Å². The minimum atomic E-state index is -0.543. The molecule has 2 amide bonds. The van der Waals surface area contributed by atoms with Gasteiger partial charge >= 0.3 is 0 Å². The number of hydrogen-bond acceptors (Lipinski definition) is 7. The molecule has 2 aromatic carbocycles. The highest BCUT2D eigenvalue weighted by Gasteiger charge is 2.17. The van der Waals surface area contributed by atoms with Crippen molar-refractivity contribution in [1.29, 1.82) is 0 Å². The molecule has 0 saturated heterocycles. The Hall–Kier alpha value is -3.37. The zero-order valence-electron chi connectivity index (χ0n) is 21.6. The van der Waals surface area contributed by atoms with E-state index in [9.17, 15) is 19.8 Å². The fourth-order valence-electron chi connectivity index (χ4n) is 3.85. The van der Waals surface area contributed by atoms with Gasteiger partial charge < -0.3 is 15.5 Å². The highest BCUT2D eigenvalue weighted by atomic mass is 32.1. The second-order valence-corrected chi connectivity index (χ2v) is 10.2. The number of nitrogens with zero attached hydrogens (tertiary/aromatic N) is 2. The van der Waals surface area contributed by atoms with Crippen molar-refractivity contribution in [3.8, 4) is 0 Å². The van der Waals surface area contributed by atoms with E-state index in [0.717, 1.165) is 16.7 Å². The van der Waals surface area contributed by atoms with Crippen LogP contribution < -0.4 is 10.7 Å². The Labute approximate surface area is 221 Å². The summed E-state index contributed by atoms with van der Waals surface area (Å²) in [5.41, 5.74) is 7.37. The molecule has 3 aromatic rings. The molecule has 0 aliphatic heterocycles. The molecule has 9 heteroatoms. The van der Waals surface area contributed by atoms with E-state index >= 15 is 0 Å². The van der Waals surface area contributed by atoms with E-state index in [4.69, 9.17) is 0 Å². The van der Waals surface area contributed by atoms with Crippen LogP contribution >= 0.6 is 11.3 Å². The molecule has 0 radical (unpaired) electrons. The number of aliphatic hydroxyl groups excluding tert-OH is 2. The van der Waals surface area contributed by atoms with E-state index in [1.807, 2.05) is 43.0 Å². The van der Waals surface area contributed by atoms with Crippen molar-refractivity contribution in [2.45, 2.75) is 46.4 Å². The standard InChI is InChI=1S/C28H34N4O4S/c1-18-8-9-22(12-19(18)2)14-29-31-27(36)25-10-11-37-28(25)30-26(35)24-7-5-6-23(13-24)17-32(15-20(3)33)16-21(4)34/h5-14,20-21,33-34H,15-17H2,1-4H3,(H,30,35)(H,31,36)/b29-14+. The third kappa shape index (κ3) is 8.61. The van der Waals surface area contributed by atoms with Crippen LogP contribution in [0.4, 0.5) is 5.00 Å². The topological polar surface area (TPSA) is 114 Å². The van der Waals surface area contributed by atoms with Gasteiger partial charge in [0.1, 0.15) is 5.00 Å². The third-order valence-electron chi connectivity index (χ3n) is 5.69. The lowest BCUT2D eigenvalue weighted by atomic mass is 10.1. The average Bonchev–Trinajstić information content (AvgIpc) is 3.29. The highest BCUT2D eigenvalue weighted by molar-refractivity contribution is 7.14. The van der Waals surface area contributed by atoms with Gasteiger partial charge in [-0.2, -0.15) is 5.10 Å². The normalized spacial score (nSPS) is 13.1. The van der Waals surface area contributed by atoms with Crippen molar-refractivity contribution >= 4 is 34.4 Å². The molecular weight excluding hydrogens is 488 g/mol. The molecule has 3 rings (SSSR count). The summed E-state index contributed by atoms with van der Waals surface area (Å²) in [6, 6.07) is 14.7. The largest absolute Gasteiger partial charge is 0.392 e. The molecule has 37 heavy (non-hydrogen) atoms. The van der Waals surface area contributed by atoms with E-state index in [1.54, 1.807) is 49.7 Å². The summed E-state index contributed by atoms with van der Waals surface area (Å²) < 4.78 is 0. The number of rotatable bonds is 11. The van der Waals surface area contributed by atoms with Crippen LogP contribution in [0.15, 0.2) is 59.0 Å². The summed E-state index contributed by atoms with van der Waals surface area (Å²) in [4.78, 5) is 27.6. The summed E-state index contributed by atoms with van der Waals surface area (Å²) in [5, 5.41) is 28.6. The molecule has 0 aliphatic carbocycles. The van der Waals surface area contributed by atoms with Crippen molar-refractivity contribution in [1.82, 2.24) is 10.3 Å². The molecule has 8 nitrogen and oxygen atoms in total. The molecule has 0 saturated carbocycles. The third-order valence-corrected chi connectivity index (χ3v) is 6.52. The van der Waals surface area contributed by atoms with Crippen LogP contribution in [-0.4, -0.2) is 58.4 Å². The van der Waals surface area contributed by atoms with Gasteiger partial charge in [-0.3, -0.25) is 14.5 Å². The van der Waals surface area contributed by atoms with Crippen LogP contribution in [-0.2, 0) is 6.54 Å². The molecule has 2 atom stereocenters. The van der Waals surface area contributed by atoms with Crippen molar-refractivity contribution in [3.05, 3.63) is 87.3 Å². The summed E-state index contributed by atoms with van der Waals surface area (Å²) in [6.07, 6.45) is 0.497. The first-order valence-corrected chi connectivity index (χ1v) is 13.0. The molecule has 0 bridgehead atoms. The maximum atomic E-state index is 13.0. The quantitative estimate of drug-likeness (QED) is 0.225. The summed E-state index contributed by atoms with van der Waals surface area (Å²) in [7, 11) is 0. The number of hydrazone groups is 1. The van der Waals surface area contributed by atoms with Gasteiger partial charge in [-0.05, 0) is 73.5 Å². The van der Waals surface area contributed by atoms with Gasteiger partial charge in [-0.1, -0.05) is 30.3 Å². The molecular formula is C28H34N4O4S. The maximum Gasteiger partial charge on any atom is 0.274 e. The first kappa shape index (κ1) is 28.2. The van der Waals surface area contributed by atoms with Crippen molar-refractivity contribution in [2.24, 2.45) is 5.10 Å². The molecule has 196 valence electrons. The summed E-state index contributed by atoms with van der Waals surface area (Å²) in [6.45, 7) is 8.72. The fraction of sp³-hybridized carbons (Fsp3) is 0.321. The number of aryl methyl sites for hydroxylation is 2. The zero-order valence-corrected chi connectivity index (χ0v) is 22.4. The predicted octanol–water partition coefficient (Wildman–Crippen LogP) is 3.94. The minimum absolute atomic E-state index is 0.326. The van der Waals surface area contributed by atoms with Gasteiger partial charge in [0.15, 0.2) is 0 Å². The van der Waals surface area contributed by atoms with E-state index in [1.165, 1.54) is 16.9 Å². The number of carbonyl (C=O) groups excluding carboxylic acids is 2. The van der Waals surface area contributed by atoms with E-state index < -0.39 is 18.1 Å². The molecule has 2 unspecified atom stereocenters. The number of benzene rings is 2. The number of amides is 2. The van der Waals surface area contributed by atoms with Crippen LogP contribution in [0.1, 0.15) is 56.8 Å². The van der Waals surface area contributed by atoms with Crippen LogP contribution in [0.2, 0.25) is 0 Å². The first-order valence-electron chi connectivity index (χ1n) is 12.1. The van der Waals surface area contributed by atoms with Crippen LogP contribution in [0.3, 0.4) is 0 Å². The Morgan fingerprint density at radius 1 is 1.00 bits per heavy atom. The molecule has 1 aromatic heterocycles. The Kier molecular flexibility index (Phi) is 10.1.